The molecule has 20 heavy (non-hydrogen) atoms. The molecule has 0 spiro atoms. The summed E-state index contributed by atoms with van der Waals surface area (Å²) in [6.07, 6.45) is 1.80. The van der Waals surface area contributed by atoms with Gasteiger partial charge in [0.1, 0.15) is 0 Å². The third kappa shape index (κ3) is 4.19. The number of halogens is 1. The van der Waals surface area contributed by atoms with Crippen molar-refractivity contribution in [2.24, 2.45) is 5.92 Å². The van der Waals surface area contributed by atoms with Gasteiger partial charge >= 0.3 is 0 Å². The predicted molar refractivity (Wildman–Crippen MR) is 81.7 cm³/mol. The highest BCUT2D eigenvalue weighted by molar-refractivity contribution is 7.89. The summed E-state index contributed by atoms with van der Waals surface area (Å²) in [7, 11) is -1.34. The number of aryl methyl sites for hydroxylation is 1. The second-order valence-electron chi connectivity index (χ2n) is 5.35. The third-order valence-electron chi connectivity index (χ3n) is 3.67. The lowest BCUT2D eigenvalue weighted by atomic mass is 10.1. The van der Waals surface area contributed by atoms with Crippen LogP contribution >= 0.6 is 11.6 Å². The van der Waals surface area contributed by atoms with Crippen molar-refractivity contribution in [1.29, 1.82) is 0 Å². The zero-order valence-corrected chi connectivity index (χ0v) is 13.3. The number of alkyl halides is 1. The van der Waals surface area contributed by atoms with Crippen molar-refractivity contribution in [2.45, 2.75) is 17.7 Å². The minimum atomic E-state index is -3.40. The molecule has 1 aliphatic rings. The molecule has 0 aliphatic carbocycles. The molecule has 1 atom stereocenters. The maximum absolute atomic E-state index is 12.2. The van der Waals surface area contributed by atoms with Gasteiger partial charge in [0.25, 0.3) is 0 Å². The third-order valence-corrected chi connectivity index (χ3v) is 5.30. The van der Waals surface area contributed by atoms with Crippen LogP contribution in [0.2, 0.25) is 0 Å². The number of hydrogen-bond donors (Lipinski definition) is 1. The van der Waals surface area contributed by atoms with Crippen LogP contribution in [-0.4, -0.2) is 45.9 Å². The van der Waals surface area contributed by atoms with Gasteiger partial charge in [-0.15, -0.1) is 11.6 Å². The number of likely N-dealkylation sites (tertiary alicyclic amines) is 1. The summed E-state index contributed by atoms with van der Waals surface area (Å²) in [6, 6.07) is 6.93. The van der Waals surface area contributed by atoms with E-state index < -0.39 is 10.0 Å². The molecule has 112 valence electrons. The Balaban J connectivity index is 1.95. The molecule has 1 aromatic carbocycles. The van der Waals surface area contributed by atoms with Crippen molar-refractivity contribution in [1.82, 2.24) is 9.62 Å². The molecule has 0 bridgehead atoms. The first kappa shape index (κ1) is 15.8. The molecule has 1 aliphatic heterocycles. The summed E-state index contributed by atoms with van der Waals surface area (Å²) in [5.41, 5.74) is 1.05. The molecule has 1 saturated heterocycles. The van der Waals surface area contributed by atoms with E-state index in [1.807, 2.05) is 12.1 Å². The number of sulfonamides is 1. The van der Waals surface area contributed by atoms with E-state index in [1.54, 1.807) is 12.1 Å². The zero-order chi connectivity index (χ0) is 14.6. The molecule has 0 amide bonds. The molecule has 0 radical (unpaired) electrons. The number of rotatable bonds is 6. The van der Waals surface area contributed by atoms with Gasteiger partial charge in [-0.1, -0.05) is 12.1 Å². The van der Waals surface area contributed by atoms with Crippen molar-refractivity contribution in [2.75, 3.05) is 32.6 Å². The normalized spacial score (nSPS) is 20.4. The Morgan fingerprint density at radius 3 is 2.60 bits per heavy atom. The molecular weight excluding hydrogens is 296 g/mol. The number of nitrogens with one attached hydrogen (secondary N) is 1. The number of benzene rings is 1. The highest BCUT2D eigenvalue weighted by Gasteiger charge is 2.22. The standard InChI is InChI=1S/C14H21ClN2O2S/c1-17-9-7-13(11-17)10-16-20(18,19)14-4-2-12(3-5-14)6-8-15/h2-5,13,16H,6-11H2,1H3. The van der Waals surface area contributed by atoms with E-state index in [1.165, 1.54) is 0 Å². The fourth-order valence-electron chi connectivity index (χ4n) is 2.45. The van der Waals surface area contributed by atoms with Crippen LogP contribution in [0.4, 0.5) is 0 Å². The van der Waals surface area contributed by atoms with Gasteiger partial charge in [-0.2, -0.15) is 0 Å². The topological polar surface area (TPSA) is 49.4 Å². The molecule has 1 aromatic rings. The van der Waals surface area contributed by atoms with Crippen LogP contribution in [0.1, 0.15) is 12.0 Å². The Kier molecular flexibility index (Phi) is 5.43. The predicted octanol–water partition coefficient (Wildman–Crippen LogP) is 1.70. The highest BCUT2D eigenvalue weighted by atomic mass is 35.5. The van der Waals surface area contributed by atoms with Crippen molar-refractivity contribution in [3.05, 3.63) is 29.8 Å². The summed E-state index contributed by atoms with van der Waals surface area (Å²) in [4.78, 5) is 2.54. The van der Waals surface area contributed by atoms with E-state index in [-0.39, 0.29) is 0 Å². The van der Waals surface area contributed by atoms with Crippen LogP contribution in [0.5, 0.6) is 0 Å². The average Bonchev–Trinajstić information content (AvgIpc) is 2.84. The SMILES string of the molecule is CN1CCC(CNS(=O)(=O)c2ccc(CCCl)cc2)C1. The summed E-state index contributed by atoms with van der Waals surface area (Å²) >= 11 is 5.67. The van der Waals surface area contributed by atoms with Crippen molar-refractivity contribution in [3.8, 4) is 0 Å². The summed E-state index contributed by atoms with van der Waals surface area (Å²) in [5, 5.41) is 0. The molecule has 0 aromatic heterocycles. The van der Waals surface area contributed by atoms with Crippen LogP contribution in [0.25, 0.3) is 0 Å². The lowest BCUT2D eigenvalue weighted by Crippen LogP contribution is -2.30. The summed E-state index contributed by atoms with van der Waals surface area (Å²) in [6.45, 7) is 2.51. The largest absolute Gasteiger partial charge is 0.306 e. The maximum atomic E-state index is 12.2. The van der Waals surface area contributed by atoms with Crippen molar-refractivity contribution < 1.29 is 8.42 Å². The molecule has 6 heteroatoms. The van der Waals surface area contributed by atoms with Crippen LogP contribution < -0.4 is 4.72 Å². The van der Waals surface area contributed by atoms with Gasteiger partial charge in [-0.25, -0.2) is 13.1 Å². The van der Waals surface area contributed by atoms with Crippen LogP contribution in [0.15, 0.2) is 29.2 Å². The van der Waals surface area contributed by atoms with E-state index in [0.29, 0.717) is 23.2 Å². The van der Waals surface area contributed by atoms with Gasteiger partial charge < -0.3 is 4.90 Å². The molecule has 1 heterocycles. The lowest BCUT2D eigenvalue weighted by molar-refractivity contribution is 0.394. The van der Waals surface area contributed by atoms with E-state index >= 15 is 0 Å². The Morgan fingerprint density at radius 1 is 1.35 bits per heavy atom. The van der Waals surface area contributed by atoms with E-state index in [0.717, 1.165) is 31.5 Å². The Labute approximate surface area is 126 Å². The van der Waals surface area contributed by atoms with Crippen LogP contribution in [0, 0.1) is 5.92 Å². The summed E-state index contributed by atoms with van der Waals surface area (Å²) in [5.74, 6) is 0.949. The Morgan fingerprint density at radius 2 is 2.05 bits per heavy atom. The molecule has 1 N–H and O–H groups in total. The van der Waals surface area contributed by atoms with Gasteiger partial charge in [0.2, 0.25) is 10.0 Å². The zero-order valence-electron chi connectivity index (χ0n) is 11.7. The molecule has 1 unspecified atom stereocenters. The Hall–Kier alpha value is -0.620. The van der Waals surface area contributed by atoms with Crippen molar-refractivity contribution >= 4 is 21.6 Å². The minimum Gasteiger partial charge on any atom is -0.306 e. The van der Waals surface area contributed by atoms with E-state index in [9.17, 15) is 8.42 Å². The quantitative estimate of drug-likeness (QED) is 0.813. The fourth-order valence-corrected chi connectivity index (χ4v) is 3.78. The molecule has 4 nitrogen and oxygen atoms in total. The van der Waals surface area contributed by atoms with Gasteiger partial charge in [0, 0.05) is 19.0 Å². The molecule has 0 saturated carbocycles. The van der Waals surface area contributed by atoms with Crippen LogP contribution in [-0.2, 0) is 16.4 Å². The average molecular weight is 317 g/mol. The maximum Gasteiger partial charge on any atom is 0.240 e. The first-order valence-electron chi connectivity index (χ1n) is 6.84. The van der Waals surface area contributed by atoms with Crippen molar-refractivity contribution in [3.63, 3.8) is 0 Å². The van der Waals surface area contributed by atoms with E-state index in [4.69, 9.17) is 11.6 Å². The lowest BCUT2D eigenvalue weighted by Gasteiger charge is -2.12. The van der Waals surface area contributed by atoms with Gasteiger partial charge in [-0.05, 0) is 50.0 Å². The number of hydrogen-bond acceptors (Lipinski definition) is 3. The van der Waals surface area contributed by atoms with Gasteiger partial charge in [-0.3, -0.25) is 0 Å². The first-order valence-corrected chi connectivity index (χ1v) is 8.86. The van der Waals surface area contributed by atoms with Gasteiger partial charge in [0.05, 0.1) is 4.90 Å². The smallest absolute Gasteiger partial charge is 0.240 e. The Bertz CT molecular complexity index is 531. The number of nitrogens with zero attached hydrogens (tertiary/aromatic N) is 1. The first-order chi connectivity index (χ1) is 9.51. The van der Waals surface area contributed by atoms with Gasteiger partial charge in [0.15, 0.2) is 0 Å². The second-order valence-corrected chi connectivity index (χ2v) is 7.50. The molecule has 1 fully saturated rings. The fraction of sp³-hybridized carbons (Fsp3) is 0.571. The highest BCUT2D eigenvalue weighted by Crippen LogP contribution is 2.15. The van der Waals surface area contributed by atoms with E-state index in [2.05, 4.69) is 16.7 Å². The monoisotopic (exact) mass is 316 g/mol. The molecular formula is C14H21ClN2O2S. The molecule has 2 rings (SSSR count). The van der Waals surface area contributed by atoms with Crippen LogP contribution in [0.3, 0.4) is 0 Å². The second kappa shape index (κ2) is 6.89. The minimum absolute atomic E-state index is 0.321. The summed E-state index contributed by atoms with van der Waals surface area (Å²) < 4.78 is 27.1.